The van der Waals surface area contributed by atoms with Crippen LogP contribution in [0.3, 0.4) is 0 Å². The van der Waals surface area contributed by atoms with Crippen molar-refractivity contribution in [1.82, 2.24) is 4.98 Å². The number of hydrogen-bond donors (Lipinski definition) is 0. The van der Waals surface area contributed by atoms with Crippen molar-refractivity contribution in [1.29, 1.82) is 0 Å². The van der Waals surface area contributed by atoms with Crippen LogP contribution in [0.2, 0.25) is 0 Å². The van der Waals surface area contributed by atoms with Gasteiger partial charge in [0, 0.05) is 5.56 Å². The van der Waals surface area contributed by atoms with Crippen LogP contribution in [0.4, 0.5) is 0 Å². The number of rotatable bonds is 5. The van der Waals surface area contributed by atoms with Gasteiger partial charge in [-0.05, 0) is 26.0 Å². The van der Waals surface area contributed by atoms with Crippen LogP contribution in [0.15, 0.2) is 39.9 Å². The first-order chi connectivity index (χ1) is 9.26. The summed E-state index contributed by atoms with van der Waals surface area (Å²) in [5, 5.41) is 4.61. The Kier molecular flexibility index (Phi) is 4.74. The number of oxime groups is 1. The first kappa shape index (κ1) is 13.8. The number of alkyl halides is 1. The summed E-state index contributed by atoms with van der Waals surface area (Å²) >= 11 is 3.39. The molecular weight excluding hydrogens is 308 g/mol. The Morgan fingerprint density at radius 3 is 2.74 bits per heavy atom. The number of nitrogens with zero attached hydrogens (tertiary/aromatic N) is 2. The molecule has 0 aliphatic heterocycles. The summed E-state index contributed by atoms with van der Waals surface area (Å²) in [5.41, 5.74) is 2.40. The molecule has 0 spiro atoms. The van der Waals surface area contributed by atoms with E-state index in [1.165, 1.54) is 0 Å². The molecular formula is C14H15BrN2O2. The molecule has 0 N–H and O–H groups in total. The third kappa shape index (κ3) is 3.23. The highest BCUT2D eigenvalue weighted by Crippen LogP contribution is 2.22. The maximum absolute atomic E-state index is 5.70. The number of benzene rings is 1. The number of aromatic nitrogens is 1. The van der Waals surface area contributed by atoms with Crippen molar-refractivity contribution < 1.29 is 9.25 Å². The van der Waals surface area contributed by atoms with Crippen molar-refractivity contribution in [3.05, 3.63) is 41.8 Å². The van der Waals surface area contributed by atoms with E-state index in [0.717, 1.165) is 22.7 Å². The average Bonchev–Trinajstić information content (AvgIpc) is 2.83. The molecule has 2 rings (SSSR count). The summed E-state index contributed by atoms with van der Waals surface area (Å²) in [5.74, 6) is 1.33. The minimum atomic E-state index is 0.527. The second-order valence-electron chi connectivity index (χ2n) is 3.88. The number of oxazole rings is 1. The van der Waals surface area contributed by atoms with Gasteiger partial charge in [-0.15, -0.1) is 0 Å². The average molecular weight is 323 g/mol. The Labute approximate surface area is 120 Å². The molecule has 1 aromatic heterocycles. The van der Waals surface area contributed by atoms with E-state index in [9.17, 15) is 0 Å². The highest BCUT2D eigenvalue weighted by molar-refractivity contribution is 9.09. The molecule has 0 atom stereocenters. The van der Waals surface area contributed by atoms with Crippen LogP contribution in [0.25, 0.3) is 11.5 Å². The topological polar surface area (TPSA) is 47.6 Å². The molecule has 0 aliphatic rings. The smallest absolute Gasteiger partial charge is 0.226 e. The summed E-state index contributed by atoms with van der Waals surface area (Å²) in [7, 11) is 0. The van der Waals surface area contributed by atoms with Gasteiger partial charge in [0.05, 0.1) is 5.33 Å². The maximum atomic E-state index is 5.70. The van der Waals surface area contributed by atoms with Gasteiger partial charge < -0.3 is 9.25 Å². The second kappa shape index (κ2) is 6.52. The Morgan fingerprint density at radius 1 is 1.37 bits per heavy atom. The van der Waals surface area contributed by atoms with Crippen molar-refractivity contribution in [2.45, 2.75) is 13.8 Å². The molecule has 1 heterocycles. The van der Waals surface area contributed by atoms with Gasteiger partial charge in [-0.3, -0.25) is 0 Å². The van der Waals surface area contributed by atoms with Crippen molar-refractivity contribution in [3.8, 4) is 11.5 Å². The number of aryl methyl sites for hydroxylation is 1. The van der Waals surface area contributed by atoms with E-state index in [2.05, 4.69) is 26.1 Å². The summed E-state index contributed by atoms with van der Waals surface area (Å²) in [4.78, 5) is 9.58. The molecule has 4 nitrogen and oxygen atoms in total. The molecule has 0 bridgehead atoms. The predicted molar refractivity (Wildman–Crippen MR) is 78.6 cm³/mol. The summed E-state index contributed by atoms with van der Waals surface area (Å²) < 4.78 is 5.70. The van der Waals surface area contributed by atoms with E-state index < -0.39 is 0 Å². The van der Waals surface area contributed by atoms with Crippen LogP contribution in [0.5, 0.6) is 0 Å². The summed E-state index contributed by atoms with van der Waals surface area (Å²) in [6.45, 7) is 4.29. The Bertz CT molecular complexity index is 564. The lowest BCUT2D eigenvalue weighted by molar-refractivity contribution is 0.159. The zero-order valence-corrected chi connectivity index (χ0v) is 12.5. The largest absolute Gasteiger partial charge is 0.441 e. The van der Waals surface area contributed by atoms with Gasteiger partial charge in [0.1, 0.15) is 23.8 Å². The highest BCUT2D eigenvalue weighted by atomic mass is 79.9. The molecule has 0 aliphatic carbocycles. The lowest BCUT2D eigenvalue weighted by Gasteiger charge is -1.99. The molecule has 0 amide bonds. The zero-order chi connectivity index (χ0) is 13.7. The van der Waals surface area contributed by atoms with Crippen molar-refractivity contribution >= 4 is 21.6 Å². The van der Waals surface area contributed by atoms with E-state index in [4.69, 9.17) is 9.25 Å². The van der Waals surface area contributed by atoms with Gasteiger partial charge in [-0.2, -0.15) is 0 Å². The Balaban J connectivity index is 2.36. The number of halogens is 1. The molecule has 0 fully saturated rings. The van der Waals surface area contributed by atoms with Gasteiger partial charge >= 0.3 is 0 Å². The van der Waals surface area contributed by atoms with Crippen LogP contribution < -0.4 is 0 Å². The van der Waals surface area contributed by atoms with Crippen molar-refractivity contribution in [3.63, 3.8) is 0 Å². The van der Waals surface area contributed by atoms with Gasteiger partial charge in [0.25, 0.3) is 0 Å². The standard InChI is InChI=1S/C14H15BrN2O2/c1-3-18-17-12(9-15)13-10(2)19-14(16-13)11-7-5-4-6-8-11/h4-8H,3,9H2,1-2H3. The van der Waals surface area contributed by atoms with Crippen molar-refractivity contribution in [2.75, 3.05) is 11.9 Å². The molecule has 0 saturated heterocycles. The lowest BCUT2D eigenvalue weighted by atomic mass is 10.2. The molecule has 2 aromatic rings. The van der Waals surface area contributed by atoms with Gasteiger partial charge in [-0.25, -0.2) is 4.98 Å². The van der Waals surface area contributed by atoms with Crippen LogP contribution in [-0.2, 0) is 4.84 Å². The molecule has 0 radical (unpaired) electrons. The van der Waals surface area contributed by atoms with Crippen LogP contribution >= 0.6 is 15.9 Å². The molecule has 19 heavy (non-hydrogen) atoms. The number of hydrogen-bond acceptors (Lipinski definition) is 4. The quantitative estimate of drug-likeness (QED) is 0.478. The highest BCUT2D eigenvalue weighted by Gasteiger charge is 2.16. The van der Waals surface area contributed by atoms with Gasteiger partial charge in [0.15, 0.2) is 0 Å². The fourth-order valence-corrected chi connectivity index (χ4v) is 2.01. The molecule has 0 unspecified atom stereocenters. The summed E-state index contributed by atoms with van der Waals surface area (Å²) in [6.07, 6.45) is 0. The van der Waals surface area contributed by atoms with Crippen LogP contribution in [-0.4, -0.2) is 22.6 Å². The zero-order valence-electron chi connectivity index (χ0n) is 10.9. The third-order valence-corrected chi connectivity index (χ3v) is 3.05. The minimum Gasteiger partial charge on any atom is -0.441 e. The predicted octanol–water partition coefficient (Wildman–Crippen LogP) is 3.79. The second-order valence-corrected chi connectivity index (χ2v) is 4.44. The minimum absolute atomic E-state index is 0.527. The SMILES string of the molecule is CCON=C(CBr)c1nc(-c2ccccc2)oc1C. The van der Waals surface area contributed by atoms with Crippen molar-refractivity contribution in [2.24, 2.45) is 5.16 Å². The van der Waals surface area contributed by atoms with Crippen LogP contribution in [0.1, 0.15) is 18.4 Å². The monoisotopic (exact) mass is 322 g/mol. The fourth-order valence-electron chi connectivity index (χ4n) is 1.64. The van der Waals surface area contributed by atoms with E-state index >= 15 is 0 Å². The maximum Gasteiger partial charge on any atom is 0.226 e. The van der Waals surface area contributed by atoms with Gasteiger partial charge in [-0.1, -0.05) is 39.3 Å². The third-order valence-electron chi connectivity index (χ3n) is 2.52. The Hall–Kier alpha value is -1.62. The molecule has 1 aromatic carbocycles. The van der Waals surface area contributed by atoms with E-state index in [1.807, 2.05) is 44.2 Å². The van der Waals surface area contributed by atoms with E-state index in [0.29, 0.717) is 17.8 Å². The first-order valence-electron chi connectivity index (χ1n) is 6.04. The first-order valence-corrected chi connectivity index (χ1v) is 7.16. The molecule has 0 saturated carbocycles. The molecule has 100 valence electrons. The lowest BCUT2D eigenvalue weighted by Crippen LogP contribution is -2.06. The van der Waals surface area contributed by atoms with E-state index in [-0.39, 0.29) is 0 Å². The van der Waals surface area contributed by atoms with E-state index in [1.54, 1.807) is 0 Å². The van der Waals surface area contributed by atoms with Crippen LogP contribution in [0, 0.1) is 6.92 Å². The van der Waals surface area contributed by atoms with Gasteiger partial charge in [0.2, 0.25) is 5.89 Å². The Morgan fingerprint density at radius 2 is 2.11 bits per heavy atom. The molecule has 5 heteroatoms. The normalized spacial score (nSPS) is 11.6. The summed E-state index contributed by atoms with van der Waals surface area (Å²) in [6, 6.07) is 9.79. The fraction of sp³-hybridized carbons (Fsp3) is 0.286.